The largest absolute Gasteiger partial charge is 0.469 e. The molecule has 0 fully saturated rings. The zero-order valence-electron chi connectivity index (χ0n) is 12.7. The molecular formula is C18H16N2O3. The third-order valence-electron chi connectivity index (χ3n) is 3.51. The molecule has 0 aliphatic heterocycles. The van der Waals surface area contributed by atoms with Gasteiger partial charge in [-0.05, 0) is 41.6 Å². The summed E-state index contributed by atoms with van der Waals surface area (Å²) in [6, 6.07) is 11.4. The molecule has 2 aromatic heterocycles. The maximum Gasteiger partial charge on any atom is 0.305 e. The van der Waals surface area contributed by atoms with Crippen molar-refractivity contribution in [3.05, 3.63) is 60.6 Å². The highest BCUT2D eigenvalue weighted by Crippen LogP contribution is 2.27. The Hall–Kier alpha value is -2.95. The number of hydrogen-bond acceptors (Lipinski definition) is 5. The zero-order valence-corrected chi connectivity index (χ0v) is 12.7. The summed E-state index contributed by atoms with van der Waals surface area (Å²) >= 11 is 0. The summed E-state index contributed by atoms with van der Waals surface area (Å²) in [5.74, 6) is 1.01. The first-order valence-corrected chi connectivity index (χ1v) is 7.28. The molecule has 0 atom stereocenters. The molecule has 3 aromatic rings. The zero-order chi connectivity index (χ0) is 16.1. The molecule has 0 N–H and O–H groups in total. The molecule has 1 aromatic carbocycles. The van der Waals surface area contributed by atoms with Gasteiger partial charge in [-0.2, -0.15) is 0 Å². The van der Waals surface area contributed by atoms with Gasteiger partial charge in [0.25, 0.3) is 0 Å². The fourth-order valence-corrected chi connectivity index (χ4v) is 2.25. The second kappa shape index (κ2) is 6.87. The lowest BCUT2D eigenvalue weighted by molar-refractivity contribution is -0.140. The number of fused-ring (bicyclic) bond motifs is 1. The van der Waals surface area contributed by atoms with Crippen molar-refractivity contribution >= 4 is 16.7 Å². The van der Waals surface area contributed by atoms with Gasteiger partial charge < -0.3 is 9.47 Å². The first-order chi connectivity index (χ1) is 11.3. The Kier molecular flexibility index (Phi) is 4.47. The number of hydrogen-bond donors (Lipinski definition) is 0. The highest BCUT2D eigenvalue weighted by atomic mass is 16.5. The first-order valence-electron chi connectivity index (χ1n) is 7.28. The molecule has 0 radical (unpaired) electrons. The molecule has 0 unspecified atom stereocenters. The van der Waals surface area contributed by atoms with Crippen molar-refractivity contribution in [2.24, 2.45) is 0 Å². The lowest BCUT2D eigenvalue weighted by atomic mass is 10.1. The summed E-state index contributed by atoms with van der Waals surface area (Å²) < 4.78 is 10.5. The van der Waals surface area contributed by atoms with E-state index < -0.39 is 0 Å². The van der Waals surface area contributed by atoms with E-state index in [0.717, 1.165) is 16.3 Å². The van der Waals surface area contributed by atoms with Crippen LogP contribution in [0.1, 0.15) is 12.0 Å². The molecule has 3 rings (SSSR count). The van der Waals surface area contributed by atoms with Gasteiger partial charge in [0.05, 0.1) is 12.5 Å². The van der Waals surface area contributed by atoms with E-state index in [-0.39, 0.29) is 5.97 Å². The van der Waals surface area contributed by atoms with Crippen LogP contribution in [0.5, 0.6) is 11.6 Å². The maximum atomic E-state index is 11.2. The molecule has 0 saturated heterocycles. The van der Waals surface area contributed by atoms with Crippen LogP contribution in [-0.4, -0.2) is 23.0 Å². The predicted molar refractivity (Wildman–Crippen MR) is 86.4 cm³/mol. The van der Waals surface area contributed by atoms with Crippen molar-refractivity contribution < 1.29 is 14.3 Å². The van der Waals surface area contributed by atoms with Crippen molar-refractivity contribution in [1.29, 1.82) is 0 Å². The summed E-state index contributed by atoms with van der Waals surface area (Å²) in [4.78, 5) is 19.5. The van der Waals surface area contributed by atoms with Crippen LogP contribution in [-0.2, 0) is 16.0 Å². The molecule has 5 nitrogen and oxygen atoms in total. The molecule has 0 amide bonds. The second-order valence-electron chi connectivity index (χ2n) is 5.04. The fourth-order valence-electron chi connectivity index (χ4n) is 2.25. The van der Waals surface area contributed by atoms with Crippen LogP contribution in [0, 0.1) is 0 Å². The van der Waals surface area contributed by atoms with E-state index in [2.05, 4.69) is 14.7 Å². The van der Waals surface area contributed by atoms with Crippen LogP contribution >= 0.6 is 0 Å². The number of ether oxygens (including phenoxy) is 2. The van der Waals surface area contributed by atoms with E-state index in [4.69, 9.17) is 4.74 Å². The van der Waals surface area contributed by atoms with E-state index in [9.17, 15) is 4.79 Å². The summed E-state index contributed by atoms with van der Waals surface area (Å²) in [5, 5.41) is 1.89. The third kappa shape index (κ3) is 3.63. The van der Waals surface area contributed by atoms with Gasteiger partial charge in [-0.1, -0.05) is 12.1 Å². The van der Waals surface area contributed by atoms with Crippen LogP contribution in [0.15, 0.2) is 55.0 Å². The van der Waals surface area contributed by atoms with E-state index in [1.165, 1.54) is 7.11 Å². The summed E-state index contributed by atoms with van der Waals surface area (Å²) in [6.45, 7) is 0. The monoisotopic (exact) mass is 308 g/mol. The molecule has 0 aliphatic rings. The summed E-state index contributed by atoms with van der Waals surface area (Å²) in [5.41, 5.74) is 1.05. The van der Waals surface area contributed by atoms with Gasteiger partial charge in [-0.15, -0.1) is 0 Å². The minimum Gasteiger partial charge on any atom is -0.469 e. The van der Waals surface area contributed by atoms with Crippen molar-refractivity contribution in [1.82, 2.24) is 9.97 Å². The molecule has 5 heteroatoms. The van der Waals surface area contributed by atoms with Gasteiger partial charge >= 0.3 is 5.97 Å². The number of carbonyl (C=O) groups is 1. The summed E-state index contributed by atoms with van der Waals surface area (Å²) in [7, 11) is 1.39. The Bertz CT molecular complexity index is 811. The predicted octanol–water partition coefficient (Wildman–Crippen LogP) is 3.53. The number of nitrogens with zero attached hydrogens (tertiary/aromatic N) is 2. The molecule has 0 aliphatic carbocycles. The fraction of sp³-hybridized carbons (Fsp3) is 0.167. The van der Waals surface area contributed by atoms with Crippen molar-refractivity contribution in [2.45, 2.75) is 12.8 Å². The van der Waals surface area contributed by atoms with Crippen LogP contribution < -0.4 is 4.74 Å². The van der Waals surface area contributed by atoms with Crippen LogP contribution in [0.25, 0.3) is 10.8 Å². The Labute approximate surface area is 133 Å². The van der Waals surface area contributed by atoms with Crippen LogP contribution in [0.4, 0.5) is 0 Å². The second-order valence-corrected chi connectivity index (χ2v) is 5.04. The topological polar surface area (TPSA) is 61.3 Å². The molecule has 0 bridgehead atoms. The minimum atomic E-state index is -0.210. The number of benzene rings is 1. The molecule has 116 valence electrons. The first kappa shape index (κ1) is 15.0. The van der Waals surface area contributed by atoms with Gasteiger partial charge in [-0.25, -0.2) is 4.98 Å². The SMILES string of the molecule is COC(=O)CCc1ccc(Oc2nccc3ccncc23)cc1. The lowest BCUT2D eigenvalue weighted by Crippen LogP contribution is -2.01. The quantitative estimate of drug-likeness (QED) is 0.675. The van der Waals surface area contributed by atoms with Gasteiger partial charge in [0.2, 0.25) is 5.88 Å². The van der Waals surface area contributed by atoms with E-state index in [1.54, 1.807) is 18.6 Å². The number of aromatic nitrogens is 2. The Morgan fingerprint density at radius 2 is 1.87 bits per heavy atom. The Morgan fingerprint density at radius 3 is 2.65 bits per heavy atom. The van der Waals surface area contributed by atoms with E-state index >= 15 is 0 Å². The molecule has 0 saturated carbocycles. The normalized spacial score (nSPS) is 10.5. The number of pyridine rings is 2. The number of aryl methyl sites for hydroxylation is 1. The van der Waals surface area contributed by atoms with Gasteiger partial charge in [0.15, 0.2) is 0 Å². The van der Waals surface area contributed by atoms with E-state index in [1.807, 2.05) is 36.4 Å². The van der Waals surface area contributed by atoms with Crippen LogP contribution in [0.3, 0.4) is 0 Å². The van der Waals surface area contributed by atoms with Gasteiger partial charge in [0.1, 0.15) is 5.75 Å². The van der Waals surface area contributed by atoms with E-state index in [0.29, 0.717) is 24.5 Å². The van der Waals surface area contributed by atoms with Crippen molar-refractivity contribution in [2.75, 3.05) is 7.11 Å². The average molecular weight is 308 g/mol. The minimum absolute atomic E-state index is 0.210. The number of methoxy groups -OCH3 is 1. The smallest absolute Gasteiger partial charge is 0.305 e. The molecular weight excluding hydrogens is 292 g/mol. The Balaban J connectivity index is 1.74. The highest BCUT2D eigenvalue weighted by molar-refractivity contribution is 5.85. The van der Waals surface area contributed by atoms with Gasteiger partial charge in [-0.3, -0.25) is 9.78 Å². The standard InChI is InChI=1S/C18H16N2O3/c1-22-17(21)7-4-13-2-5-15(6-3-13)23-18-16-12-19-10-8-14(16)9-11-20-18/h2-3,5-6,8-12H,4,7H2,1H3. The Morgan fingerprint density at radius 1 is 1.09 bits per heavy atom. The van der Waals surface area contributed by atoms with Gasteiger partial charge in [0, 0.05) is 25.0 Å². The van der Waals surface area contributed by atoms with Crippen molar-refractivity contribution in [3.8, 4) is 11.6 Å². The van der Waals surface area contributed by atoms with Crippen molar-refractivity contribution in [3.63, 3.8) is 0 Å². The molecule has 2 heterocycles. The van der Waals surface area contributed by atoms with Crippen LogP contribution in [0.2, 0.25) is 0 Å². The number of carbonyl (C=O) groups excluding carboxylic acids is 1. The maximum absolute atomic E-state index is 11.2. The number of rotatable bonds is 5. The average Bonchev–Trinajstić information content (AvgIpc) is 2.61. The number of esters is 1. The third-order valence-corrected chi connectivity index (χ3v) is 3.51. The lowest BCUT2D eigenvalue weighted by Gasteiger charge is -2.08. The highest BCUT2D eigenvalue weighted by Gasteiger charge is 2.06. The molecule has 0 spiro atoms. The molecule has 23 heavy (non-hydrogen) atoms. The summed E-state index contributed by atoms with van der Waals surface area (Å²) in [6.07, 6.45) is 6.20.